The molecule has 1 spiro atoms. The van der Waals surface area contributed by atoms with E-state index in [9.17, 15) is 9.59 Å². The second kappa shape index (κ2) is 7.94. The molecule has 1 aliphatic heterocycles. The number of fused-ring (bicyclic) bond motifs is 2. The van der Waals surface area contributed by atoms with Crippen LogP contribution in [-0.4, -0.2) is 51.6 Å². The molecule has 33 heavy (non-hydrogen) atoms. The highest BCUT2D eigenvalue weighted by Gasteiger charge is 2.43. The Morgan fingerprint density at radius 1 is 1.21 bits per heavy atom. The number of hydrogen-bond acceptors (Lipinski definition) is 6. The molecule has 5 rings (SSSR count). The first kappa shape index (κ1) is 22.1. The first-order valence-electron chi connectivity index (χ1n) is 11.5. The number of nitrogens with zero attached hydrogens (tertiary/aromatic N) is 4. The fraction of sp³-hybridized carbons (Fsp3) is 0.520. The highest BCUT2D eigenvalue weighted by molar-refractivity contribution is 7.12. The number of thiazole rings is 1. The fourth-order valence-corrected chi connectivity index (χ4v) is 6.59. The number of Topliss-reactive ketones (excluding diaryl/α,β-unsaturated/α-hetero) is 1. The minimum absolute atomic E-state index is 0.0102. The number of aromatic nitrogens is 3. The van der Waals surface area contributed by atoms with E-state index in [1.165, 1.54) is 0 Å². The third-order valence-electron chi connectivity index (χ3n) is 7.21. The molecule has 8 heteroatoms. The van der Waals surface area contributed by atoms with Crippen LogP contribution >= 0.6 is 11.3 Å². The molecule has 7 nitrogen and oxygen atoms in total. The highest BCUT2D eigenvalue weighted by Crippen LogP contribution is 2.45. The average molecular weight is 467 g/mol. The summed E-state index contributed by atoms with van der Waals surface area (Å²) in [4.78, 5) is 34.0. The Kier molecular flexibility index (Phi) is 5.31. The second-order valence-corrected chi connectivity index (χ2v) is 10.9. The smallest absolute Gasteiger partial charge is 0.254 e. The summed E-state index contributed by atoms with van der Waals surface area (Å²) in [6, 6.07) is 3.74. The van der Waals surface area contributed by atoms with Crippen LogP contribution in [-0.2, 0) is 13.5 Å². The lowest BCUT2D eigenvalue weighted by Gasteiger charge is -2.43. The van der Waals surface area contributed by atoms with Crippen molar-refractivity contribution in [2.45, 2.75) is 52.4 Å². The maximum atomic E-state index is 13.4. The number of likely N-dealkylation sites (tertiary alicyclic amines) is 1. The molecule has 2 aromatic heterocycles. The maximum absolute atomic E-state index is 13.4. The number of benzene rings is 1. The summed E-state index contributed by atoms with van der Waals surface area (Å²) in [5.41, 5.74) is 3.03. The molecular weight excluding hydrogens is 436 g/mol. The summed E-state index contributed by atoms with van der Waals surface area (Å²) in [5, 5.41) is 6.47. The number of methoxy groups -OCH3 is 1. The van der Waals surface area contributed by atoms with Crippen LogP contribution < -0.4 is 4.74 Å². The summed E-state index contributed by atoms with van der Waals surface area (Å²) >= 11 is 1.69. The summed E-state index contributed by atoms with van der Waals surface area (Å²) in [7, 11) is 3.50. The fourth-order valence-electron chi connectivity index (χ4n) is 5.33. The first-order chi connectivity index (χ1) is 15.7. The number of piperidine rings is 1. The van der Waals surface area contributed by atoms with Crippen LogP contribution in [0.25, 0.3) is 10.9 Å². The molecule has 1 saturated heterocycles. The second-order valence-electron chi connectivity index (χ2n) is 9.83. The Bertz CT molecular complexity index is 1260. The Morgan fingerprint density at radius 3 is 2.61 bits per heavy atom. The van der Waals surface area contributed by atoms with Crippen LogP contribution in [0.3, 0.4) is 0 Å². The van der Waals surface area contributed by atoms with E-state index in [0.29, 0.717) is 42.4 Å². The van der Waals surface area contributed by atoms with Gasteiger partial charge in [0.1, 0.15) is 17.0 Å². The van der Waals surface area contributed by atoms with Crippen molar-refractivity contribution in [3.63, 3.8) is 0 Å². The third-order valence-corrected chi connectivity index (χ3v) is 8.57. The van der Waals surface area contributed by atoms with E-state index in [-0.39, 0.29) is 17.1 Å². The average Bonchev–Trinajstić information content (AvgIpc) is 3.34. The van der Waals surface area contributed by atoms with E-state index in [1.807, 2.05) is 31.0 Å². The quantitative estimate of drug-likeness (QED) is 0.567. The standard InChI is InChI=1S/C25H30N4O3S/c1-14(2)23-26-21-18(30)12-25(13-20(21)33-23)6-8-29(9-7-25)24(31)16-10-17-15(3)27-28(4)22(17)19(11-16)32-5/h10-11,14H,6-9,12-13H2,1-5H3. The predicted molar refractivity (Wildman–Crippen MR) is 128 cm³/mol. The Morgan fingerprint density at radius 2 is 1.94 bits per heavy atom. The minimum Gasteiger partial charge on any atom is -0.494 e. The molecule has 0 bridgehead atoms. The van der Waals surface area contributed by atoms with Crippen LogP contribution in [0.4, 0.5) is 0 Å². The van der Waals surface area contributed by atoms with Gasteiger partial charge in [0.05, 0.1) is 17.8 Å². The lowest BCUT2D eigenvalue weighted by atomic mass is 9.68. The summed E-state index contributed by atoms with van der Waals surface area (Å²) in [6.07, 6.45) is 3.11. The molecule has 1 fully saturated rings. The largest absolute Gasteiger partial charge is 0.494 e. The van der Waals surface area contributed by atoms with E-state index in [2.05, 4.69) is 23.9 Å². The van der Waals surface area contributed by atoms with Crippen molar-refractivity contribution in [3.05, 3.63) is 39.0 Å². The first-order valence-corrected chi connectivity index (χ1v) is 12.4. The number of carbonyl (C=O) groups excluding carboxylic acids is 2. The lowest BCUT2D eigenvalue weighted by Crippen LogP contribution is -2.46. The Labute approximate surface area is 197 Å². The zero-order chi connectivity index (χ0) is 23.5. The van der Waals surface area contributed by atoms with Crippen LogP contribution in [0, 0.1) is 12.3 Å². The van der Waals surface area contributed by atoms with Crippen LogP contribution in [0.15, 0.2) is 12.1 Å². The van der Waals surface area contributed by atoms with Crippen LogP contribution in [0.5, 0.6) is 5.75 Å². The molecule has 3 aromatic rings. The van der Waals surface area contributed by atoms with Crippen LogP contribution in [0.1, 0.15) is 75.5 Å². The summed E-state index contributed by atoms with van der Waals surface area (Å²) in [5.74, 6) is 1.17. The number of rotatable bonds is 3. The molecule has 0 atom stereocenters. The number of aryl methyl sites for hydroxylation is 2. The van der Waals surface area contributed by atoms with Gasteiger partial charge >= 0.3 is 0 Å². The van der Waals surface area contributed by atoms with E-state index >= 15 is 0 Å². The van der Waals surface area contributed by atoms with Crippen molar-refractivity contribution >= 4 is 33.9 Å². The van der Waals surface area contributed by atoms with Crippen molar-refractivity contribution in [1.29, 1.82) is 0 Å². The molecular formula is C25H30N4O3S. The van der Waals surface area contributed by atoms with Gasteiger partial charge in [0.15, 0.2) is 5.78 Å². The van der Waals surface area contributed by atoms with Gasteiger partial charge in [-0.05, 0) is 43.7 Å². The molecule has 3 heterocycles. The van der Waals surface area contributed by atoms with Crippen molar-refractivity contribution in [3.8, 4) is 5.75 Å². The Balaban J connectivity index is 1.36. The number of hydrogen-bond donors (Lipinski definition) is 0. The highest BCUT2D eigenvalue weighted by atomic mass is 32.1. The van der Waals surface area contributed by atoms with Gasteiger partial charge in [0, 0.05) is 48.3 Å². The predicted octanol–water partition coefficient (Wildman–Crippen LogP) is 4.52. The summed E-state index contributed by atoms with van der Waals surface area (Å²) < 4.78 is 7.37. The van der Waals surface area contributed by atoms with Gasteiger partial charge in [-0.1, -0.05) is 13.8 Å². The monoisotopic (exact) mass is 466 g/mol. The molecule has 2 aliphatic rings. The number of amides is 1. The van der Waals surface area contributed by atoms with E-state index in [4.69, 9.17) is 4.74 Å². The van der Waals surface area contributed by atoms with Gasteiger partial charge in [-0.3, -0.25) is 14.3 Å². The number of carbonyl (C=O) groups is 2. The van der Waals surface area contributed by atoms with Crippen molar-refractivity contribution in [2.24, 2.45) is 12.5 Å². The number of ether oxygens (including phenoxy) is 1. The lowest BCUT2D eigenvalue weighted by molar-refractivity contribution is 0.0522. The molecule has 0 radical (unpaired) electrons. The topological polar surface area (TPSA) is 77.3 Å². The zero-order valence-electron chi connectivity index (χ0n) is 19.9. The maximum Gasteiger partial charge on any atom is 0.254 e. The molecule has 0 saturated carbocycles. The molecule has 0 unspecified atom stereocenters. The zero-order valence-corrected chi connectivity index (χ0v) is 20.7. The van der Waals surface area contributed by atoms with Gasteiger partial charge in [0.2, 0.25) is 0 Å². The van der Waals surface area contributed by atoms with Gasteiger partial charge in [-0.25, -0.2) is 4.98 Å². The SMILES string of the molecule is COc1cc(C(=O)N2CCC3(CC2)CC(=O)c2nc(C(C)C)sc2C3)cc2c(C)nn(C)c12. The van der Waals surface area contributed by atoms with Gasteiger partial charge in [0.25, 0.3) is 5.91 Å². The normalized spacial score (nSPS) is 17.8. The molecule has 1 aliphatic carbocycles. The Hall–Kier alpha value is -2.74. The van der Waals surface area contributed by atoms with Gasteiger partial charge in [-0.15, -0.1) is 11.3 Å². The summed E-state index contributed by atoms with van der Waals surface area (Å²) in [6.45, 7) is 7.49. The van der Waals surface area contributed by atoms with Crippen LogP contribution in [0.2, 0.25) is 0 Å². The molecule has 0 N–H and O–H groups in total. The van der Waals surface area contributed by atoms with E-state index in [1.54, 1.807) is 23.1 Å². The molecule has 1 amide bonds. The number of ketones is 1. The van der Waals surface area contributed by atoms with E-state index in [0.717, 1.165) is 45.7 Å². The van der Waals surface area contributed by atoms with E-state index < -0.39 is 0 Å². The van der Waals surface area contributed by atoms with Gasteiger partial charge in [-0.2, -0.15) is 5.10 Å². The van der Waals surface area contributed by atoms with Crippen molar-refractivity contribution < 1.29 is 14.3 Å². The van der Waals surface area contributed by atoms with Gasteiger partial charge < -0.3 is 9.64 Å². The minimum atomic E-state index is -0.0524. The molecule has 174 valence electrons. The van der Waals surface area contributed by atoms with Crippen molar-refractivity contribution in [2.75, 3.05) is 20.2 Å². The van der Waals surface area contributed by atoms with Crippen molar-refractivity contribution in [1.82, 2.24) is 19.7 Å². The third kappa shape index (κ3) is 3.64. The molecule has 1 aromatic carbocycles.